The Morgan fingerprint density at radius 3 is 2.41 bits per heavy atom. The zero-order chi connectivity index (χ0) is 13.3. The van der Waals surface area contributed by atoms with Crippen molar-refractivity contribution in [2.75, 3.05) is 0 Å². The Labute approximate surface area is 112 Å². The second kappa shape index (κ2) is 9.28. The fourth-order valence-corrected chi connectivity index (χ4v) is 1.50. The number of unbranched alkanes of at least 4 members (excludes halogenated alkanes) is 1. The van der Waals surface area contributed by atoms with E-state index in [-0.39, 0.29) is 0 Å². The van der Waals surface area contributed by atoms with Crippen molar-refractivity contribution >= 4 is 29.2 Å². The van der Waals surface area contributed by atoms with Gasteiger partial charge in [-0.15, -0.1) is 0 Å². The Balaban J connectivity index is 0.000000325. The molecule has 0 heterocycles. The molecule has 0 fully saturated rings. The fourth-order valence-electron chi connectivity index (χ4n) is 1.02. The zero-order valence-electron chi connectivity index (χ0n) is 9.75. The van der Waals surface area contributed by atoms with E-state index in [1.54, 1.807) is 12.1 Å². The summed E-state index contributed by atoms with van der Waals surface area (Å²) in [7, 11) is 0. The van der Waals surface area contributed by atoms with Gasteiger partial charge in [0.1, 0.15) is 0 Å². The van der Waals surface area contributed by atoms with E-state index < -0.39 is 5.97 Å². The molecule has 0 aromatic heterocycles. The van der Waals surface area contributed by atoms with Crippen molar-refractivity contribution in [3.8, 4) is 0 Å². The third-order valence-corrected chi connectivity index (χ3v) is 2.57. The lowest BCUT2D eigenvalue weighted by molar-refractivity contribution is -0.137. The summed E-state index contributed by atoms with van der Waals surface area (Å²) in [6.07, 6.45) is 2.08. The molecule has 1 aromatic rings. The van der Waals surface area contributed by atoms with Crippen LogP contribution in [0.1, 0.15) is 31.7 Å². The molecule has 0 saturated carbocycles. The van der Waals surface area contributed by atoms with E-state index in [0.29, 0.717) is 23.0 Å². The molecule has 0 bridgehead atoms. The number of benzene rings is 1. The molecule has 0 aliphatic rings. The van der Waals surface area contributed by atoms with Crippen LogP contribution in [0.3, 0.4) is 0 Å². The smallest absolute Gasteiger partial charge is 0.303 e. The van der Waals surface area contributed by atoms with E-state index in [4.69, 9.17) is 34.0 Å². The molecule has 5 heteroatoms. The minimum atomic E-state index is -0.693. The number of rotatable bonds is 4. The summed E-state index contributed by atoms with van der Waals surface area (Å²) in [4.78, 5) is 9.76. The van der Waals surface area contributed by atoms with E-state index in [0.717, 1.165) is 18.4 Å². The van der Waals surface area contributed by atoms with E-state index in [2.05, 4.69) is 0 Å². The van der Waals surface area contributed by atoms with Gasteiger partial charge in [-0.2, -0.15) is 0 Å². The van der Waals surface area contributed by atoms with Gasteiger partial charge in [0.15, 0.2) is 0 Å². The fraction of sp³-hybridized carbons (Fsp3) is 0.417. The van der Waals surface area contributed by atoms with Crippen molar-refractivity contribution in [3.63, 3.8) is 0 Å². The number of hydrogen-bond donors (Lipinski definition) is 2. The Hall–Kier alpha value is -0.770. The average molecular weight is 278 g/mol. The highest BCUT2D eigenvalue weighted by molar-refractivity contribution is 6.35. The van der Waals surface area contributed by atoms with E-state index in [1.807, 2.05) is 13.0 Å². The summed E-state index contributed by atoms with van der Waals surface area (Å²) in [6, 6.07) is 5.28. The number of halogens is 2. The first kappa shape index (κ1) is 16.2. The molecule has 1 aromatic carbocycles. The SMILES string of the molecule is CCCCC(=O)O.NCc1ccc(Cl)cc1Cl. The van der Waals surface area contributed by atoms with Gasteiger partial charge in [-0.25, -0.2) is 0 Å². The minimum Gasteiger partial charge on any atom is -0.481 e. The van der Waals surface area contributed by atoms with Crippen molar-refractivity contribution in [1.29, 1.82) is 0 Å². The van der Waals surface area contributed by atoms with Gasteiger partial charge >= 0.3 is 5.97 Å². The lowest BCUT2D eigenvalue weighted by Gasteiger charge is -1.98. The highest BCUT2D eigenvalue weighted by Gasteiger charge is 1.96. The molecule has 0 unspecified atom stereocenters. The average Bonchev–Trinajstić information content (AvgIpc) is 2.27. The molecule has 0 amide bonds. The molecule has 0 saturated heterocycles. The van der Waals surface area contributed by atoms with E-state index in [9.17, 15) is 4.79 Å². The molecule has 0 radical (unpaired) electrons. The minimum absolute atomic E-state index is 0.316. The van der Waals surface area contributed by atoms with E-state index >= 15 is 0 Å². The second-order valence-electron chi connectivity index (χ2n) is 3.44. The molecule has 1 rings (SSSR count). The normalized spacial score (nSPS) is 9.41. The molecule has 0 aliphatic heterocycles. The van der Waals surface area contributed by atoms with Crippen LogP contribution in [0.15, 0.2) is 18.2 Å². The Kier molecular flexibility index (Phi) is 8.86. The van der Waals surface area contributed by atoms with Gasteiger partial charge in [0.05, 0.1) is 0 Å². The number of aliphatic carboxylic acids is 1. The van der Waals surface area contributed by atoms with Crippen LogP contribution in [0.4, 0.5) is 0 Å². The van der Waals surface area contributed by atoms with Gasteiger partial charge in [0.25, 0.3) is 0 Å². The van der Waals surface area contributed by atoms with Crippen LogP contribution in [-0.2, 0) is 11.3 Å². The highest BCUT2D eigenvalue weighted by Crippen LogP contribution is 2.19. The number of nitrogens with two attached hydrogens (primary N) is 1. The molecule has 0 atom stereocenters. The molecular formula is C12H17Cl2NO2. The van der Waals surface area contributed by atoms with Crippen molar-refractivity contribution in [1.82, 2.24) is 0 Å². The topological polar surface area (TPSA) is 63.3 Å². The summed E-state index contributed by atoms with van der Waals surface area (Å²) in [5.74, 6) is -0.693. The maximum Gasteiger partial charge on any atom is 0.303 e. The summed E-state index contributed by atoms with van der Waals surface area (Å²) in [6.45, 7) is 2.43. The number of hydrogen-bond acceptors (Lipinski definition) is 2. The summed E-state index contributed by atoms with van der Waals surface area (Å²) in [5.41, 5.74) is 6.30. The lowest BCUT2D eigenvalue weighted by Crippen LogP contribution is -1.96. The Morgan fingerprint density at radius 1 is 1.41 bits per heavy atom. The lowest BCUT2D eigenvalue weighted by atomic mass is 10.2. The van der Waals surface area contributed by atoms with Gasteiger partial charge in [-0.3, -0.25) is 4.79 Å². The van der Waals surface area contributed by atoms with Gasteiger partial charge in [-0.05, 0) is 24.1 Å². The third-order valence-electron chi connectivity index (χ3n) is 1.98. The first-order valence-corrected chi connectivity index (χ1v) is 6.12. The molecule has 96 valence electrons. The summed E-state index contributed by atoms with van der Waals surface area (Å²) >= 11 is 11.4. The van der Waals surface area contributed by atoms with Crippen molar-refractivity contribution in [2.45, 2.75) is 32.7 Å². The van der Waals surface area contributed by atoms with Crippen LogP contribution in [0.2, 0.25) is 10.0 Å². The van der Waals surface area contributed by atoms with Gasteiger partial charge < -0.3 is 10.8 Å². The van der Waals surface area contributed by atoms with Crippen molar-refractivity contribution < 1.29 is 9.90 Å². The Morgan fingerprint density at radius 2 is 2.06 bits per heavy atom. The maximum absolute atomic E-state index is 9.76. The van der Waals surface area contributed by atoms with Gasteiger partial charge in [0.2, 0.25) is 0 Å². The quantitative estimate of drug-likeness (QED) is 0.882. The zero-order valence-corrected chi connectivity index (χ0v) is 11.3. The maximum atomic E-state index is 9.76. The first-order valence-electron chi connectivity index (χ1n) is 5.37. The largest absolute Gasteiger partial charge is 0.481 e. The van der Waals surface area contributed by atoms with Crippen LogP contribution in [0, 0.1) is 0 Å². The predicted molar refractivity (Wildman–Crippen MR) is 71.5 cm³/mol. The van der Waals surface area contributed by atoms with Gasteiger partial charge in [0, 0.05) is 23.0 Å². The molecular weight excluding hydrogens is 261 g/mol. The van der Waals surface area contributed by atoms with Gasteiger partial charge in [-0.1, -0.05) is 42.6 Å². The van der Waals surface area contributed by atoms with Crippen LogP contribution < -0.4 is 5.73 Å². The second-order valence-corrected chi connectivity index (χ2v) is 4.28. The summed E-state index contributed by atoms with van der Waals surface area (Å²) in [5, 5.41) is 9.32. The van der Waals surface area contributed by atoms with Crippen molar-refractivity contribution in [2.24, 2.45) is 5.73 Å². The number of carboxylic acids is 1. The number of carbonyl (C=O) groups is 1. The third kappa shape index (κ3) is 8.02. The molecule has 17 heavy (non-hydrogen) atoms. The standard InChI is InChI=1S/C7H7Cl2N.C5H10O2/c8-6-2-1-5(4-10)7(9)3-6;1-2-3-4-5(6)7/h1-3H,4,10H2;2-4H2,1H3,(H,6,7). The van der Waals surface area contributed by atoms with E-state index in [1.165, 1.54) is 0 Å². The van der Waals surface area contributed by atoms with Crippen LogP contribution >= 0.6 is 23.2 Å². The Bertz CT molecular complexity index is 356. The monoisotopic (exact) mass is 277 g/mol. The predicted octanol–water partition coefficient (Wildman–Crippen LogP) is 3.71. The summed E-state index contributed by atoms with van der Waals surface area (Å²) < 4.78 is 0. The van der Waals surface area contributed by atoms with Crippen LogP contribution in [0.5, 0.6) is 0 Å². The van der Waals surface area contributed by atoms with Crippen LogP contribution in [-0.4, -0.2) is 11.1 Å². The number of carboxylic acid groups (broad SMARTS) is 1. The molecule has 3 nitrogen and oxygen atoms in total. The molecule has 0 spiro atoms. The highest BCUT2D eigenvalue weighted by atomic mass is 35.5. The van der Waals surface area contributed by atoms with Crippen LogP contribution in [0.25, 0.3) is 0 Å². The first-order chi connectivity index (χ1) is 8.01. The molecule has 0 aliphatic carbocycles. The van der Waals surface area contributed by atoms with Crippen molar-refractivity contribution in [3.05, 3.63) is 33.8 Å². The molecule has 3 N–H and O–H groups in total.